The number of aryl methyl sites for hydroxylation is 2. The van der Waals surface area contributed by atoms with Crippen LogP contribution in [0.5, 0.6) is 0 Å². The van der Waals surface area contributed by atoms with Gasteiger partial charge in [-0.3, -0.25) is 4.68 Å². The number of rotatable bonds is 0. The lowest BCUT2D eigenvalue weighted by Gasteiger charge is -1.96. The highest BCUT2D eigenvalue weighted by atomic mass is 15.2. The highest BCUT2D eigenvalue weighted by Gasteiger charge is 2.03. The molecule has 0 atom stereocenters. The van der Waals surface area contributed by atoms with Crippen molar-refractivity contribution in [2.24, 2.45) is 7.05 Å². The molecule has 0 aliphatic heterocycles. The molecular weight excluding hydrogens is 150 g/mol. The van der Waals surface area contributed by atoms with Crippen molar-refractivity contribution in [3.05, 3.63) is 23.9 Å². The van der Waals surface area contributed by atoms with E-state index in [4.69, 9.17) is 5.73 Å². The van der Waals surface area contributed by atoms with Crippen molar-refractivity contribution >= 4 is 16.6 Å². The van der Waals surface area contributed by atoms with Gasteiger partial charge in [-0.25, -0.2) is 0 Å². The Labute approximate surface area is 70.8 Å². The molecule has 0 saturated heterocycles. The standard InChI is InChI=1S/C9H11N3/c1-6-3-4-8(10)9-7(6)5-12(2)11-9/h3-5H,10H2,1-2H3. The Bertz CT molecular complexity index is 390. The summed E-state index contributed by atoms with van der Waals surface area (Å²) in [6, 6.07) is 3.91. The van der Waals surface area contributed by atoms with Crippen molar-refractivity contribution in [2.75, 3.05) is 5.73 Å². The van der Waals surface area contributed by atoms with Crippen LogP contribution in [0.25, 0.3) is 10.9 Å². The average Bonchev–Trinajstić information content (AvgIpc) is 2.41. The summed E-state index contributed by atoms with van der Waals surface area (Å²) in [5, 5.41) is 5.40. The summed E-state index contributed by atoms with van der Waals surface area (Å²) in [4.78, 5) is 0. The molecule has 2 aromatic rings. The third kappa shape index (κ3) is 0.863. The molecule has 0 fully saturated rings. The third-order valence-corrected chi connectivity index (χ3v) is 2.04. The minimum atomic E-state index is 0.746. The van der Waals surface area contributed by atoms with Crippen molar-refractivity contribution in [3.63, 3.8) is 0 Å². The molecule has 0 spiro atoms. The minimum Gasteiger partial charge on any atom is -0.397 e. The van der Waals surface area contributed by atoms with Crippen LogP contribution in [-0.4, -0.2) is 9.78 Å². The van der Waals surface area contributed by atoms with E-state index in [0.717, 1.165) is 16.6 Å². The lowest BCUT2D eigenvalue weighted by Crippen LogP contribution is -1.89. The zero-order valence-corrected chi connectivity index (χ0v) is 7.20. The maximum Gasteiger partial charge on any atom is 0.115 e. The quantitative estimate of drug-likeness (QED) is 0.594. The number of nitrogens with zero attached hydrogens (tertiary/aromatic N) is 2. The van der Waals surface area contributed by atoms with Gasteiger partial charge in [-0.05, 0) is 18.6 Å². The Morgan fingerprint density at radius 3 is 2.83 bits per heavy atom. The summed E-state index contributed by atoms with van der Waals surface area (Å²) in [5.74, 6) is 0. The maximum atomic E-state index is 5.76. The van der Waals surface area contributed by atoms with Gasteiger partial charge in [0.25, 0.3) is 0 Å². The first kappa shape index (κ1) is 7.16. The predicted octanol–water partition coefficient (Wildman–Crippen LogP) is 1.46. The number of fused-ring (bicyclic) bond motifs is 1. The lowest BCUT2D eigenvalue weighted by molar-refractivity contribution is 0.780. The van der Waals surface area contributed by atoms with Crippen LogP contribution >= 0.6 is 0 Å². The summed E-state index contributed by atoms with van der Waals surface area (Å²) in [7, 11) is 1.90. The second kappa shape index (κ2) is 2.24. The monoisotopic (exact) mass is 161 g/mol. The molecular formula is C9H11N3. The van der Waals surface area contributed by atoms with Gasteiger partial charge in [-0.15, -0.1) is 0 Å². The zero-order chi connectivity index (χ0) is 8.72. The molecule has 62 valence electrons. The van der Waals surface area contributed by atoms with Crippen molar-refractivity contribution in [1.29, 1.82) is 0 Å². The first-order valence-electron chi connectivity index (χ1n) is 3.87. The number of hydrogen-bond donors (Lipinski definition) is 1. The molecule has 0 aliphatic carbocycles. The molecule has 0 radical (unpaired) electrons. The summed E-state index contributed by atoms with van der Waals surface area (Å²) in [6.45, 7) is 2.06. The van der Waals surface area contributed by atoms with Crippen LogP contribution in [0.2, 0.25) is 0 Å². The zero-order valence-electron chi connectivity index (χ0n) is 7.20. The maximum absolute atomic E-state index is 5.76. The van der Waals surface area contributed by atoms with Gasteiger partial charge in [0, 0.05) is 18.6 Å². The first-order valence-corrected chi connectivity index (χ1v) is 3.87. The fraction of sp³-hybridized carbons (Fsp3) is 0.222. The Kier molecular flexibility index (Phi) is 1.33. The molecule has 0 unspecified atom stereocenters. The van der Waals surface area contributed by atoms with Gasteiger partial charge in [0.1, 0.15) is 5.52 Å². The van der Waals surface area contributed by atoms with E-state index in [0.29, 0.717) is 0 Å². The molecule has 1 aromatic heterocycles. The molecule has 12 heavy (non-hydrogen) atoms. The molecule has 2 N–H and O–H groups in total. The molecule has 0 bridgehead atoms. The summed E-state index contributed by atoms with van der Waals surface area (Å²) >= 11 is 0. The minimum absolute atomic E-state index is 0.746. The SMILES string of the molecule is Cc1ccc(N)c2nn(C)cc12. The molecule has 1 aromatic carbocycles. The summed E-state index contributed by atoms with van der Waals surface area (Å²) < 4.78 is 1.79. The Balaban J connectivity index is 2.93. The van der Waals surface area contributed by atoms with Crippen molar-refractivity contribution < 1.29 is 0 Å². The second-order valence-corrected chi connectivity index (χ2v) is 3.04. The van der Waals surface area contributed by atoms with Crippen LogP contribution in [0.4, 0.5) is 5.69 Å². The number of benzene rings is 1. The summed E-state index contributed by atoms with van der Waals surface area (Å²) in [5.41, 5.74) is 8.62. The number of hydrogen-bond acceptors (Lipinski definition) is 2. The fourth-order valence-electron chi connectivity index (χ4n) is 1.37. The van der Waals surface area contributed by atoms with E-state index < -0.39 is 0 Å². The molecule has 0 aliphatic rings. The topological polar surface area (TPSA) is 43.8 Å². The van der Waals surface area contributed by atoms with Crippen LogP contribution < -0.4 is 5.73 Å². The highest BCUT2D eigenvalue weighted by molar-refractivity contribution is 5.91. The van der Waals surface area contributed by atoms with Gasteiger partial charge in [-0.1, -0.05) is 6.07 Å². The normalized spacial score (nSPS) is 10.8. The lowest BCUT2D eigenvalue weighted by atomic mass is 10.1. The molecule has 1 heterocycles. The Morgan fingerprint density at radius 1 is 1.42 bits per heavy atom. The van der Waals surface area contributed by atoms with Crippen LogP contribution in [0.1, 0.15) is 5.56 Å². The Hall–Kier alpha value is -1.51. The first-order chi connectivity index (χ1) is 5.68. The van der Waals surface area contributed by atoms with Crippen LogP contribution in [0, 0.1) is 6.92 Å². The largest absolute Gasteiger partial charge is 0.397 e. The predicted molar refractivity (Wildman–Crippen MR) is 49.9 cm³/mol. The van der Waals surface area contributed by atoms with Crippen LogP contribution in [0.15, 0.2) is 18.3 Å². The average molecular weight is 161 g/mol. The molecule has 2 rings (SSSR count). The molecule has 3 nitrogen and oxygen atoms in total. The van der Waals surface area contributed by atoms with E-state index in [1.807, 2.05) is 25.4 Å². The van der Waals surface area contributed by atoms with E-state index >= 15 is 0 Å². The molecule has 0 amide bonds. The van der Waals surface area contributed by atoms with E-state index in [2.05, 4.69) is 12.0 Å². The van der Waals surface area contributed by atoms with Gasteiger partial charge in [0.05, 0.1) is 5.69 Å². The van der Waals surface area contributed by atoms with E-state index in [1.165, 1.54) is 5.56 Å². The smallest absolute Gasteiger partial charge is 0.115 e. The van der Waals surface area contributed by atoms with Crippen LogP contribution in [0.3, 0.4) is 0 Å². The summed E-state index contributed by atoms with van der Waals surface area (Å²) in [6.07, 6.45) is 1.99. The number of nitrogen functional groups attached to an aromatic ring is 1. The van der Waals surface area contributed by atoms with Crippen LogP contribution in [-0.2, 0) is 7.05 Å². The van der Waals surface area contributed by atoms with Gasteiger partial charge in [-0.2, -0.15) is 5.10 Å². The van der Waals surface area contributed by atoms with Gasteiger partial charge >= 0.3 is 0 Å². The number of aromatic nitrogens is 2. The van der Waals surface area contributed by atoms with Gasteiger partial charge in [0.2, 0.25) is 0 Å². The van der Waals surface area contributed by atoms with Gasteiger partial charge < -0.3 is 5.73 Å². The highest BCUT2D eigenvalue weighted by Crippen LogP contribution is 2.21. The van der Waals surface area contributed by atoms with Crippen molar-refractivity contribution in [1.82, 2.24) is 9.78 Å². The van der Waals surface area contributed by atoms with Crippen molar-refractivity contribution in [3.8, 4) is 0 Å². The molecule has 3 heteroatoms. The second-order valence-electron chi connectivity index (χ2n) is 3.04. The van der Waals surface area contributed by atoms with E-state index in [1.54, 1.807) is 4.68 Å². The number of nitrogens with two attached hydrogens (primary N) is 1. The molecule has 0 saturated carbocycles. The van der Waals surface area contributed by atoms with E-state index in [9.17, 15) is 0 Å². The Morgan fingerprint density at radius 2 is 2.17 bits per heavy atom. The number of anilines is 1. The van der Waals surface area contributed by atoms with Gasteiger partial charge in [0.15, 0.2) is 0 Å². The fourth-order valence-corrected chi connectivity index (χ4v) is 1.37. The van der Waals surface area contributed by atoms with E-state index in [-0.39, 0.29) is 0 Å². The third-order valence-electron chi connectivity index (χ3n) is 2.04. The van der Waals surface area contributed by atoms with Crippen molar-refractivity contribution in [2.45, 2.75) is 6.92 Å².